The lowest BCUT2D eigenvalue weighted by atomic mass is 10.1. The minimum Gasteiger partial charge on any atom is -0.454 e. The molecule has 1 N–H and O–H groups in total. The molecule has 100 valence electrons. The third kappa shape index (κ3) is 2.26. The van der Waals surface area contributed by atoms with E-state index in [9.17, 15) is 5.21 Å². The molecule has 3 aromatic rings. The Balaban J connectivity index is 2.39. The van der Waals surface area contributed by atoms with Gasteiger partial charge in [0.15, 0.2) is 5.58 Å². The second-order valence-corrected chi connectivity index (χ2v) is 5.07. The maximum absolute atomic E-state index is 9.19. The molecular weight excluding hydrogens is 297 g/mol. The lowest BCUT2D eigenvalue weighted by Crippen LogP contribution is -2.03. The van der Waals surface area contributed by atoms with Crippen LogP contribution in [0.5, 0.6) is 0 Å². The van der Waals surface area contributed by atoms with Crippen LogP contribution in [0.1, 0.15) is 0 Å². The van der Waals surface area contributed by atoms with Gasteiger partial charge in [-0.3, -0.25) is 0 Å². The molecule has 1 heterocycles. The number of nitrogens with zero attached hydrogens (tertiary/aromatic N) is 1. The van der Waals surface area contributed by atoms with Crippen LogP contribution in [0.4, 0.5) is 0 Å². The minimum absolute atomic E-state index is 0.356. The number of fused-ring (bicyclic) bond motifs is 1. The van der Waals surface area contributed by atoms with Gasteiger partial charge in [0.05, 0.1) is 5.02 Å². The third-order valence-electron chi connectivity index (χ3n) is 2.93. The molecule has 3 nitrogen and oxygen atoms in total. The summed E-state index contributed by atoms with van der Waals surface area (Å²) in [5.74, 6) is 0.565. The molecule has 1 aromatic heterocycles. The van der Waals surface area contributed by atoms with Gasteiger partial charge in [0, 0.05) is 22.0 Å². The van der Waals surface area contributed by atoms with Crippen molar-refractivity contribution in [2.75, 3.05) is 0 Å². The smallest absolute Gasteiger partial charge is 0.155 e. The van der Waals surface area contributed by atoms with Crippen molar-refractivity contribution in [2.45, 2.75) is 0 Å². The summed E-state index contributed by atoms with van der Waals surface area (Å²) in [4.78, 5) is 0. The van der Waals surface area contributed by atoms with Gasteiger partial charge in [-0.2, -0.15) is 0 Å². The van der Waals surface area contributed by atoms with Crippen LogP contribution >= 0.6 is 23.2 Å². The van der Waals surface area contributed by atoms with Crippen LogP contribution in [0.3, 0.4) is 0 Å². The summed E-state index contributed by atoms with van der Waals surface area (Å²) in [6.07, 6.45) is 0. The summed E-state index contributed by atoms with van der Waals surface area (Å²) in [7, 11) is 0. The summed E-state index contributed by atoms with van der Waals surface area (Å²) >= 11 is 12.1. The van der Waals surface area contributed by atoms with Crippen molar-refractivity contribution in [3.05, 3.63) is 63.9 Å². The Labute approximate surface area is 124 Å². The maximum atomic E-state index is 9.19. The van der Waals surface area contributed by atoms with E-state index in [4.69, 9.17) is 27.6 Å². The molecule has 5 heteroatoms. The predicted octanol–water partition coefficient (Wildman–Crippen LogP) is 4.70. The highest BCUT2D eigenvalue weighted by Crippen LogP contribution is 2.29. The molecule has 0 atom stereocenters. The van der Waals surface area contributed by atoms with Crippen LogP contribution < -0.4 is 5.36 Å². The zero-order valence-corrected chi connectivity index (χ0v) is 11.7. The molecule has 0 aliphatic carbocycles. The highest BCUT2D eigenvalue weighted by Gasteiger charge is 2.10. The van der Waals surface area contributed by atoms with Crippen LogP contribution in [0, 0.1) is 0 Å². The molecule has 0 fully saturated rings. The van der Waals surface area contributed by atoms with E-state index in [0.29, 0.717) is 32.1 Å². The fourth-order valence-electron chi connectivity index (χ4n) is 2.02. The Kier molecular flexibility index (Phi) is 3.38. The molecule has 0 saturated heterocycles. The van der Waals surface area contributed by atoms with Crippen molar-refractivity contribution in [3.63, 3.8) is 0 Å². The molecule has 0 bridgehead atoms. The molecular formula is C15H9Cl2NO2. The lowest BCUT2D eigenvalue weighted by Gasteiger charge is -2.06. The van der Waals surface area contributed by atoms with Gasteiger partial charge >= 0.3 is 0 Å². The van der Waals surface area contributed by atoms with Gasteiger partial charge in [0.1, 0.15) is 11.1 Å². The van der Waals surface area contributed by atoms with E-state index in [1.54, 1.807) is 18.2 Å². The van der Waals surface area contributed by atoms with E-state index < -0.39 is 0 Å². The zero-order valence-electron chi connectivity index (χ0n) is 10.2. The first kappa shape index (κ1) is 13.0. The Hall–Kier alpha value is -1.97. The monoisotopic (exact) mass is 305 g/mol. The fraction of sp³-hybridized carbons (Fsp3) is 0. The van der Waals surface area contributed by atoms with Crippen molar-refractivity contribution < 1.29 is 9.62 Å². The second-order valence-electron chi connectivity index (χ2n) is 4.23. The highest BCUT2D eigenvalue weighted by atomic mass is 35.5. The predicted molar refractivity (Wildman–Crippen MR) is 79.0 cm³/mol. The number of hydrogen-bond acceptors (Lipinski definition) is 3. The van der Waals surface area contributed by atoms with E-state index in [0.717, 1.165) is 5.56 Å². The van der Waals surface area contributed by atoms with Gasteiger partial charge in [-0.05, 0) is 12.1 Å². The lowest BCUT2D eigenvalue weighted by molar-refractivity contribution is 0.302. The second kappa shape index (κ2) is 5.19. The average molecular weight is 306 g/mol. The van der Waals surface area contributed by atoms with E-state index in [2.05, 4.69) is 5.16 Å². The number of hydrogen-bond donors (Lipinski definition) is 1. The van der Waals surface area contributed by atoms with E-state index in [-0.39, 0.29) is 0 Å². The van der Waals surface area contributed by atoms with Gasteiger partial charge in [-0.1, -0.05) is 58.7 Å². The summed E-state index contributed by atoms with van der Waals surface area (Å²) < 4.78 is 5.81. The summed E-state index contributed by atoms with van der Waals surface area (Å²) in [5.41, 5.74) is 1.30. The van der Waals surface area contributed by atoms with Gasteiger partial charge < -0.3 is 9.62 Å². The summed E-state index contributed by atoms with van der Waals surface area (Å²) in [6.45, 7) is 0. The van der Waals surface area contributed by atoms with Crippen molar-refractivity contribution >= 4 is 34.2 Å². The van der Waals surface area contributed by atoms with Crippen molar-refractivity contribution in [1.82, 2.24) is 0 Å². The Bertz CT molecular complexity index is 842. The van der Waals surface area contributed by atoms with Crippen molar-refractivity contribution in [2.24, 2.45) is 5.16 Å². The van der Waals surface area contributed by atoms with Crippen molar-refractivity contribution in [1.29, 1.82) is 0 Å². The molecule has 2 aromatic carbocycles. The van der Waals surface area contributed by atoms with Gasteiger partial charge in [0.25, 0.3) is 0 Å². The molecule has 0 saturated carbocycles. The molecule has 0 aliphatic rings. The van der Waals surface area contributed by atoms with Crippen LogP contribution in [-0.4, -0.2) is 5.21 Å². The first-order chi connectivity index (χ1) is 9.69. The Morgan fingerprint density at radius 3 is 2.45 bits per heavy atom. The topological polar surface area (TPSA) is 45.7 Å². The summed E-state index contributed by atoms with van der Waals surface area (Å²) in [6, 6.07) is 14.4. The third-order valence-corrected chi connectivity index (χ3v) is 3.43. The van der Waals surface area contributed by atoms with Gasteiger partial charge in [0.2, 0.25) is 0 Å². The molecule has 0 unspecified atom stereocenters. The molecule has 0 amide bonds. The van der Waals surface area contributed by atoms with Crippen LogP contribution in [0.25, 0.3) is 22.3 Å². The minimum atomic E-state index is 0.356. The van der Waals surface area contributed by atoms with Gasteiger partial charge in [-0.25, -0.2) is 0 Å². The molecule has 0 spiro atoms. The molecule has 0 radical (unpaired) electrons. The van der Waals surface area contributed by atoms with E-state index >= 15 is 0 Å². The normalized spacial score (nSPS) is 12.0. The zero-order chi connectivity index (χ0) is 14.1. The molecule has 3 rings (SSSR count). The number of halogens is 2. The molecule has 0 aliphatic heterocycles. The first-order valence-electron chi connectivity index (χ1n) is 5.85. The quantitative estimate of drug-likeness (QED) is 0.523. The fourth-order valence-corrected chi connectivity index (χ4v) is 2.56. The Morgan fingerprint density at radius 2 is 1.75 bits per heavy atom. The maximum Gasteiger partial charge on any atom is 0.155 e. The molecule has 20 heavy (non-hydrogen) atoms. The van der Waals surface area contributed by atoms with Crippen LogP contribution in [0.2, 0.25) is 10.0 Å². The summed E-state index contributed by atoms with van der Waals surface area (Å²) in [5, 5.41) is 14.2. The standard InChI is InChI=1S/C15H9Cl2NO2/c16-10-6-11-13(18-19)8-14(9-4-2-1-3-5-9)20-15(11)12(17)7-10/h1-8,19H/b18-13+. The first-order valence-corrected chi connectivity index (χ1v) is 6.61. The largest absolute Gasteiger partial charge is 0.454 e. The Morgan fingerprint density at radius 1 is 1.00 bits per heavy atom. The highest BCUT2D eigenvalue weighted by molar-refractivity contribution is 6.38. The van der Waals surface area contributed by atoms with Gasteiger partial charge in [-0.15, -0.1) is 0 Å². The number of rotatable bonds is 1. The SMILES string of the molecule is O/N=c1\cc(-c2ccccc2)oc2c(Cl)cc(Cl)cc12. The van der Waals surface area contributed by atoms with Crippen LogP contribution in [0.15, 0.2) is 58.1 Å². The van der Waals surface area contributed by atoms with E-state index in [1.165, 1.54) is 0 Å². The van der Waals surface area contributed by atoms with E-state index in [1.807, 2.05) is 30.3 Å². The van der Waals surface area contributed by atoms with Crippen LogP contribution in [-0.2, 0) is 0 Å². The van der Waals surface area contributed by atoms with Crippen molar-refractivity contribution in [3.8, 4) is 11.3 Å². The average Bonchev–Trinajstić information content (AvgIpc) is 2.47. The number of benzene rings is 2.